The van der Waals surface area contributed by atoms with Crippen LogP contribution in [0.5, 0.6) is 5.75 Å². The maximum Gasteiger partial charge on any atom is 0.184 e. The van der Waals surface area contributed by atoms with Crippen molar-refractivity contribution in [1.29, 1.82) is 0 Å². The van der Waals surface area contributed by atoms with Gasteiger partial charge in [-0.05, 0) is 26.0 Å². The molecule has 0 radical (unpaired) electrons. The van der Waals surface area contributed by atoms with E-state index in [9.17, 15) is 4.79 Å². The van der Waals surface area contributed by atoms with Gasteiger partial charge in [0.25, 0.3) is 0 Å². The zero-order valence-corrected chi connectivity index (χ0v) is 11.6. The lowest BCUT2D eigenvalue weighted by atomic mass is 10.0. The summed E-state index contributed by atoms with van der Waals surface area (Å²) >= 11 is 1.82. The van der Waals surface area contributed by atoms with Gasteiger partial charge in [0, 0.05) is 18.1 Å². The van der Waals surface area contributed by atoms with Gasteiger partial charge in [0.15, 0.2) is 5.78 Å². The summed E-state index contributed by atoms with van der Waals surface area (Å²) in [5.74, 6) is 2.75. The van der Waals surface area contributed by atoms with Crippen LogP contribution in [0, 0.1) is 0 Å². The molecule has 1 atom stereocenters. The number of nitrogens with one attached hydrogen (secondary N) is 1. The highest BCUT2D eigenvalue weighted by molar-refractivity contribution is 7.99. The van der Waals surface area contributed by atoms with Crippen molar-refractivity contribution in [3.63, 3.8) is 0 Å². The van der Waals surface area contributed by atoms with E-state index in [1.807, 2.05) is 49.9 Å². The number of rotatable bonds is 4. The highest BCUT2D eigenvalue weighted by atomic mass is 32.2. The van der Waals surface area contributed by atoms with Crippen molar-refractivity contribution in [2.24, 2.45) is 0 Å². The predicted molar refractivity (Wildman–Crippen MR) is 75.7 cm³/mol. The van der Waals surface area contributed by atoms with E-state index in [0.29, 0.717) is 11.3 Å². The van der Waals surface area contributed by atoms with E-state index in [4.69, 9.17) is 4.74 Å². The van der Waals surface area contributed by atoms with Gasteiger partial charge < -0.3 is 10.1 Å². The Balaban J connectivity index is 2.18. The van der Waals surface area contributed by atoms with E-state index in [1.54, 1.807) is 0 Å². The third-order valence-corrected chi connectivity index (χ3v) is 3.82. The quantitative estimate of drug-likeness (QED) is 0.848. The van der Waals surface area contributed by atoms with Crippen LogP contribution in [-0.2, 0) is 0 Å². The number of carbonyl (C=O) groups is 1. The van der Waals surface area contributed by atoms with E-state index in [0.717, 1.165) is 18.1 Å². The minimum absolute atomic E-state index is 0.0765. The minimum Gasteiger partial charge on any atom is -0.490 e. The van der Waals surface area contributed by atoms with Gasteiger partial charge in [-0.15, -0.1) is 0 Å². The number of ketones is 1. The van der Waals surface area contributed by atoms with Crippen molar-refractivity contribution in [1.82, 2.24) is 5.32 Å². The molecule has 1 aromatic rings. The van der Waals surface area contributed by atoms with Crippen LogP contribution in [0.1, 0.15) is 24.2 Å². The van der Waals surface area contributed by atoms with Crippen LogP contribution in [0.3, 0.4) is 0 Å². The predicted octanol–water partition coefficient (Wildman–Crippen LogP) is 2.36. The number of para-hydroxylation sites is 1. The van der Waals surface area contributed by atoms with Crippen LogP contribution >= 0.6 is 11.8 Å². The Bertz CT molecular complexity index is 414. The maximum absolute atomic E-state index is 12.4. The Morgan fingerprint density at radius 1 is 1.44 bits per heavy atom. The summed E-state index contributed by atoms with van der Waals surface area (Å²) < 4.78 is 5.70. The first-order valence-electron chi connectivity index (χ1n) is 6.29. The highest BCUT2D eigenvalue weighted by Crippen LogP contribution is 2.22. The summed E-state index contributed by atoms with van der Waals surface area (Å²) in [5.41, 5.74) is 0.686. The molecule has 0 spiro atoms. The number of Topliss-reactive ketones (excluding diaryl/α,β-unsaturated/α-hetero) is 1. The van der Waals surface area contributed by atoms with Gasteiger partial charge in [-0.1, -0.05) is 12.1 Å². The molecule has 1 fully saturated rings. The average Bonchev–Trinajstić information content (AvgIpc) is 2.39. The molecule has 0 aliphatic carbocycles. The van der Waals surface area contributed by atoms with Crippen LogP contribution in [0.25, 0.3) is 0 Å². The van der Waals surface area contributed by atoms with E-state index < -0.39 is 0 Å². The lowest BCUT2D eigenvalue weighted by Crippen LogP contribution is -2.43. The molecule has 3 nitrogen and oxygen atoms in total. The Kier molecular flexibility index (Phi) is 4.66. The first-order valence-corrected chi connectivity index (χ1v) is 7.45. The zero-order chi connectivity index (χ0) is 13.0. The van der Waals surface area contributed by atoms with Crippen LogP contribution < -0.4 is 10.1 Å². The Morgan fingerprint density at radius 3 is 2.89 bits per heavy atom. The molecule has 1 aromatic carbocycles. The minimum atomic E-state index is -0.0827. The second-order valence-electron chi connectivity index (χ2n) is 4.61. The second-order valence-corrected chi connectivity index (χ2v) is 5.76. The van der Waals surface area contributed by atoms with Crippen molar-refractivity contribution < 1.29 is 9.53 Å². The SMILES string of the molecule is CC(C)Oc1ccccc1C(=O)C1CSCCN1. The van der Waals surface area contributed by atoms with Crippen molar-refractivity contribution in [3.8, 4) is 5.75 Å². The molecule has 1 heterocycles. The molecule has 4 heteroatoms. The van der Waals surface area contributed by atoms with Gasteiger partial charge in [0.2, 0.25) is 0 Å². The van der Waals surface area contributed by atoms with Gasteiger partial charge in [0.1, 0.15) is 5.75 Å². The number of hydrogen-bond acceptors (Lipinski definition) is 4. The zero-order valence-electron chi connectivity index (χ0n) is 10.8. The van der Waals surface area contributed by atoms with Crippen LogP contribution in [0.2, 0.25) is 0 Å². The maximum atomic E-state index is 12.4. The van der Waals surface area contributed by atoms with Gasteiger partial charge in [-0.25, -0.2) is 0 Å². The number of benzene rings is 1. The monoisotopic (exact) mass is 265 g/mol. The molecule has 98 valence electrons. The summed E-state index contributed by atoms with van der Waals surface area (Å²) in [5, 5.41) is 3.27. The summed E-state index contributed by atoms with van der Waals surface area (Å²) in [6.07, 6.45) is 0.0765. The van der Waals surface area contributed by atoms with Gasteiger partial charge in [0.05, 0.1) is 17.7 Å². The highest BCUT2D eigenvalue weighted by Gasteiger charge is 2.24. The standard InChI is InChI=1S/C14H19NO2S/c1-10(2)17-13-6-4-3-5-11(13)14(16)12-9-18-8-7-15-12/h3-6,10,12,15H,7-9H2,1-2H3. The van der Waals surface area contributed by atoms with Crippen molar-refractivity contribution in [2.75, 3.05) is 18.1 Å². The lowest BCUT2D eigenvalue weighted by molar-refractivity contribution is 0.0947. The van der Waals surface area contributed by atoms with Crippen molar-refractivity contribution >= 4 is 17.5 Å². The molecule has 1 aliphatic rings. The molecule has 0 aromatic heterocycles. The van der Waals surface area contributed by atoms with E-state index in [2.05, 4.69) is 5.32 Å². The smallest absolute Gasteiger partial charge is 0.184 e. The van der Waals surface area contributed by atoms with Gasteiger partial charge >= 0.3 is 0 Å². The number of ether oxygens (including phenoxy) is 1. The number of thioether (sulfide) groups is 1. The van der Waals surface area contributed by atoms with Crippen LogP contribution in [-0.4, -0.2) is 36.0 Å². The fourth-order valence-electron chi connectivity index (χ4n) is 1.95. The first kappa shape index (κ1) is 13.4. The Hall–Kier alpha value is -1.00. The van der Waals surface area contributed by atoms with Gasteiger partial charge in [-0.3, -0.25) is 4.79 Å². The van der Waals surface area contributed by atoms with Crippen LogP contribution in [0.4, 0.5) is 0 Å². The third kappa shape index (κ3) is 3.27. The summed E-state index contributed by atoms with van der Waals surface area (Å²) in [4.78, 5) is 12.4. The summed E-state index contributed by atoms with van der Waals surface area (Å²) in [7, 11) is 0. The second kappa shape index (κ2) is 6.25. The summed E-state index contributed by atoms with van der Waals surface area (Å²) in [6.45, 7) is 4.83. The fourth-order valence-corrected chi connectivity index (χ4v) is 2.88. The molecule has 1 N–H and O–H groups in total. The molecular weight excluding hydrogens is 246 g/mol. The molecule has 18 heavy (non-hydrogen) atoms. The molecule has 2 rings (SSSR count). The van der Waals surface area contributed by atoms with E-state index in [-0.39, 0.29) is 17.9 Å². The molecule has 0 bridgehead atoms. The van der Waals surface area contributed by atoms with Gasteiger partial charge in [-0.2, -0.15) is 11.8 Å². The molecule has 0 amide bonds. The molecule has 0 saturated carbocycles. The van der Waals surface area contributed by atoms with Crippen LogP contribution in [0.15, 0.2) is 24.3 Å². The largest absolute Gasteiger partial charge is 0.490 e. The topological polar surface area (TPSA) is 38.3 Å². The fraction of sp³-hybridized carbons (Fsp3) is 0.500. The summed E-state index contributed by atoms with van der Waals surface area (Å²) in [6, 6.07) is 7.42. The van der Waals surface area contributed by atoms with E-state index in [1.165, 1.54) is 0 Å². The first-order chi connectivity index (χ1) is 8.68. The normalized spacial score (nSPS) is 19.8. The Morgan fingerprint density at radius 2 is 2.22 bits per heavy atom. The lowest BCUT2D eigenvalue weighted by Gasteiger charge is -2.23. The molecule has 1 unspecified atom stereocenters. The van der Waals surface area contributed by atoms with E-state index >= 15 is 0 Å². The number of carbonyl (C=O) groups excluding carboxylic acids is 1. The van der Waals surface area contributed by atoms with Crippen molar-refractivity contribution in [2.45, 2.75) is 26.0 Å². The third-order valence-electron chi connectivity index (χ3n) is 2.75. The Labute approximate surface area is 112 Å². The molecular formula is C14H19NO2S. The van der Waals surface area contributed by atoms with Crippen molar-refractivity contribution in [3.05, 3.63) is 29.8 Å². The molecule has 1 aliphatic heterocycles. The molecule has 1 saturated heterocycles. The number of hydrogen-bond donors (Lipinski definition) is 1. The average molecular weight is 265 g/mol.